The molecule has 1 saturated heterocycles. The van der Waals surface area contributed by atoms with Gasteiger partial charge in [-0.25, -0.2) is 4.39 Å². The van der Waals surface area contributed by atoms with Crippen molar-refractivity contribution in [1.29, 1.82) is 0 Å². The predicted octanol–water partition coefficient (Wildman–Crippen LogP) is 5.97. The van der Waals surface area contributed by atoms with Crippen LogP contribution in [0.3, 0.4) is 0 Å². The topological polar surface area (TPSA) is 59.6 Å². The van der Waals surface area contributed by atoms with Crippen LogP contribution in [0.1, 0.15) is 30.5 Å². The van der Waals surface area contributed by atoms with Crippen molar-refractivity contribution in [3.63, 3.8) is 0 Å². The summed E-state index contributed by atoms with van der Waals surface area (Å²) in [7, 11) is 0. The van der Waals surface area contributed by atoms with E-state index in [1.165, 1.54) is 23.4 Å². The highest BCUT2D eigenvalue weighted by atomic mass is 32.2. The Morgan fingerprint density at radius 3 is 2.56 bits per heavy atom. The van der Waals surface area contributed by atoms with Crippen molar-refractivity contribution in [1.82, 2.24) is 5.32 Å². The zero-order chi connectivity index (χ0) is 23.9. The molecule has 0 saturated carbocycles. The largest absolute Gasteiger partial charge is 0.490 e. The molecule has 1 fully saturated rings. The highest BCUT2D eigenvalue weighted by molar-refractivity contribution is 8.05. The normalized spacial score (nSPS) is 16.4. The SMILES string of the molecule is CCOc1cc(/C=C2\S[C@H](Nc3ccc(CC)cc3)NC2=O)ccc1OCc1ccccc1F. The van der Waals surface area contributed by atoms with E-state index >= 15 is 0 Å². The Morgan fingerprint density at radius 1 is 1.03 bits per heavy atom. The van der Waals surface area contributed by atoms with E-state index in [0.29, 0.717) is 28.6 Å². The second kappa shape index (κ2) is 11.1. The summed E-state index contributed by atoms with van der Waals surface area (Å²) in [4.78, 5) is 13.1. The predicted molar refractivity (Wildman–Crippen MR) is 135 cm³/mol. The minimum absolute atomic E-state index is 0.0953. The Kier molecular flexibility index (Phi) is 7.75. The highest BCUT2D eigenvalue weighted by Gasteiger charge is 2.27. The Bertz CT molecular complexity index is 1180. The fraction of sp³-hybridized carbons (Fsp3) is 0.222. The quantitative estimate of drug-likeness (QED) is 0.371. The summed E-state index contributed by atoms with van der Waals surface area (Å²) >= 11 is 1.43. The third-order valence-corrected chi connectivity index (χ3v) is 6.33. The first-order chi connectivity index (χ1) is 16.6. The number of hydrogen-bond acceptors (Lipinski definition) is 5. The van der Waals surface area contributed by atoms with E-state index in [1.54, 1.807) is 24.3 Å². The van der Waals surface area contributed by atoms with Crippen molar-refractivity contribution >= 4 is 29.4 Å². The third-order valence-electron chi connectivity index (χ3n) is 5.30. The number of carbonyl (C=O) groups excluding carboxylic acids is 1. The number of hydrogen-bond donors (Lipinski definition) is 2. The molecule has 0 bridgehead atoms. The third kappa shape index (κ3) is 5.91. The van der Waals surface area contributed by atoms with Gasteiger partial charge in [0.05, 0.1) is 11.5 Å². The standard InChI is InChI=1S/C27H27FN2O3S/c1-3-18-9-12-21(13-10-18)29-27-30-26(31)25(34-27)16-19-11-14-23(24(15-19)32-4-2)33-17-20-7-5-6-8-22(20)28/h5-16,27,29H,3-4,17H2,1-2H3,(H,30,31)/b25-16-/t27-/m1/s1. The number of anilines is 1. The van der Waals surface area contributed by atoms with Gasteiger partial charge in [0.25, 0.3) is 5.91 Å². The van der Waals surface area contributed by atoms with E-state index in [9.17, 15) is 9.18 Å². The fourth-order valence-corrected chi connectivity index (χ4v) is 4.46. The summed E-state index contributed by atoms with van der Waals surface area (Å²) in [5, 5.41) is 6.28. The molecule has 2 N–H and O–H groups in total. The van der Waals surface area contributed by atoms with Crippen LogP contribution in [0.4, 0.5) is 10.1 Å². The van der Waals surface area contributed by atoms with E-state index in [2.05, 4.69) is 29.7 Å². The molecule has 1 heterocycles. The van der Waals surface area contributed by atoms with Crippen molar-refractivity contribution < 1.29 is 18.7 Å². The molecule has 1 aliphatic rings. The average molecular weight is 479 g/mol. The molecule has 0 radical (unpaired) electrons. The van der Waals surface area contributed by atoms with E-state index in [1.807, 2.05) is 37.3 Å². The molecule has 3 aromatic carbocycles. The number of halogens is 1. The maximum Gasteiger partial charge on any atom is 0.260 e. The van der Waals surface area contributed by atoms with E-state index in [0.717, 1.165) is 17.7 Å². The van der Waals surface area contributed by atoms with Crippen LogP contribution in [0.25, 0.3) is 6.08 Å². The molecular formula is C27H27FN2O3S. The van der Waals surface area contributed by atoms with Crippen LogP contribution in [-0.4, -0.2) is 18.0 Å². The Hall–Kier alpha value is -3.45. The number of thioether (sulfide) groups is 1. The van der Waals surface area contributed by atoms with E-state index in [-0.39, 0.29) is 23.8 Å². The molecule has 7 heteroatoms. The molecule has 4 rings (SSSR count). The molecule has 0 unspecified atom stereocenters. The molecule has 0 aliphatic carbocycles. The molecule has 34 heavy (non-hydrogen) atoms. The molecule has 0 aromatic heterocycles. The van der Waals surface area contributed by atoms with Gasteiger partial charge in [0.15, 0.2) is 17.0 Å². The Balaban J connectivity index is 1.45. The number of rotatable bonds is 9. The Morgan fingerprint density at radius 2 is 1.82 bits per heavy atom. The van der Waals surface area contributed by atoms with E-state index < -0.39 is 0 Å². The van der Waals surface area contributed by atoms with Crippen LogP contribution in [0.2, 0.25) is 0 Å². The van der Waals surface area contributed by atoms with Crippen molar-refractivity contribution in [3.8, 4) is 11.5 Å². The van der Waals surface area contributed by atoms with Crippen LogP contribution in [0.15, 0.2) is 71.6 Å². The first kappa shape index (κ1) is 23.7. The average Bonchev–Trinajstić information content (AvgIpc) is 3.18. The van der Waals surface area contributed by atoms with Gasteiger partial charge in [-0.3, -0.25) is 4.79 Å². The molecule has 1 aliphatic heterocycles. The lowest BCUT2D eigenvalue weighted by Gasteiger charge is -2.13. The van der Waals surface area contributed by atoms with Crippen LogP contribution >= 0.6 is 11.8 Å². The van der Waals surface area contributed by atoms with Gasteiger partial charge in [0.2, 0.25) is 0 Å². The zero-order valence-electron chi connectivity index (χ0n) is 19.1. The second-order valence-corrected chi connectivity index (χ2v) is 8.84. The van der Waals surface area contributed by atoms with Crippen molar-refractivity contribution in [2.24, 2.45) is 0 Å². The summed E-state index contributed by atoms with van der Waals surface area (Å²) in [5.74, 6) is 0.620. The molecule has 3 aromatic rings. The first-order valence-electron chi connectivity index (χ1n) is 11.2. The lowest BCUT2D eigenvalue weighted by Crippen LogP contribution is -2.30. The minimum Gasteiger partial charge on any atom is -0.490 e. The lowest BCUT2D eigenvalue weighted by atomic mass is 10.1. The van der Waals surface area contributed by atoms with Gasteiger partial charge in [-0.05, 0) is 60.9 Å². The monoisotopic (exact) mass is 478 g/mol. The fourth-order valence-electron chi connectivity index (χ4n) is 3.48. The zero-order valence-corrected chi connectivity index (χ0v) is 20.0. The minimum atomic E-state index is -0.310. The van der Waals surface area contributed by atoms with Crippen molar-refractivity contribution in [3.05, 3.63) is 94.1 Å². The van der Waals surface area contributed by atoms with E-state index in [4.69, 9.17) is 9.47 Å². The van der Waals surface area contributed by atoms with Gasteiger partial charge < -0.3 is 20.1 Å². The summed E-state index contributed by atoms with van der Waals surface area (Å²) in [5.41, 5.74) is 3.25. The summed E-state index contributed by atoms with van der Waals surface area (Å²) in [6.45, 7) is 4.55. The molecule has 1 atom stereocenters. The van der Waals surface area contributed by atoms with Crippen LogP contribution in [0.5, 0.6) is 11.5 Å². The Labute approximate surface area is 203 Å². The molecular weight excluding hydrogens is 451 g/mol. The van der Waals surface area contributed by atoms with Gasteiger partial charge in [0, 0.05) is 11.3 Å². The van der Waals surface area contributed by atoms with Crippen molar-refractivity contribution in [2.45, 2.75) is 32.4 Å². The summed E-state index contributed by atoms with van der Waals surface area (Å²) < 4.78 is 25.5. The number of carbonyl (C=O) groups is 1. The smallest absolute Gasteiger partial charge is 0.260 e. The maximum absolute atomic E-state index is 13.9. The maximum atomic E-state index is 13.9. The van der Waals surface area contributed by atoms with Gasteiger partial charge in [-0.2, -0.15) is 0 Å². The van der Waals surface area contributed by atoms with Gasteiger partial charge in [0.1, 0.15) is 12.4 Å². The number of aryl methyl sites for hydroxylation is 1. The number of amides is 1. The molecule has 0 spiro atoms. The van der Waals surface area contributed by atoms with Gasteiger partial charge >= 0.3 is 0 Å². The summed E-state index contributed by atoms with van der Waals surface area (Å²) in [6.07, 6.45) is 2.81. The number of nitrogens with one attached hydrogen (secondary N) is 2. The number of ether oxygens (including phenoxy) is 2. The lowest BCUT2D eigenvalue weighted by molar-refractivity contribution is -0.116. The van der Waals surface area contributed by atoms with Crippen molar-refractivity contribution in [2.75, 3.05) is 11.9 Å². The first-order valence-corrected chi connectivity index (χ1v) is 12.1. The molecule has 1 amide bonds. The number of benzene rings is 3. The summed E-state index contributed by atoms with van der Waals surface area (Å²) in [6, 6.07) is 20.1. The molecule has 176 valence electrons. The van der Waals surface area contributed by atoms with Gasteiger partial charge in [-0.15, -0.1) is 0 Å². The van der Waals surface area contributed by atoms with Gasteiger partial charge in [-0.1, -0.05) is 55.1 Å². The van der Waals surface area contributed by atoms with Crippen LogP contribution in [-0.2, 0) is 17.8 Å². The second-order valence-electron chi connectivity index (χ2n) is 7.69. The van der Waals surface area contributed by atoms with Crippen LogP contribution < -0.4 is 20.1 Å². The van der Waals surface area contributed by atoms with Crippen LogP contribution in [0, 0.1) is 5.82 Å². The highest BCUT2D eigenvalue weighted by Crippen LogP contribution is 2.34. The molecule has 5 nitrogen and oxygen atoms in total.